The minimum Gasteiger partial charge on any atom is -0.455 e. The molecule has 1 aromatic carbocycles. The Hall–Kier alpha value is -2.00. The van der Waals surface area contributed by atoms with Crippen LogP contribution in [0, 0.1) is 11.7 Å². The Labute approximate surface area is 152 Å². The van der Waals surface area contributed by atoms with Gasteiger partial charge in [0, 0.05) is 6.04 Å². The number of carbonyl (C=O) groups is 2. The van der Waals surface area contributed by atoms with Crippen LogP contribution < -0.4 is 10.0 Å². The summed E-state index contributed by atoms with van der Waals surface area (Å²) in [4.78, 5) is 23.2. The molecule has 1 aliphatic rings. The highest BCUT2D eigenvalue weighted by Crippen LogP contribution is 2.23. The lowest BCUT2D eigenvalue weighted by atomic mass is 9.87. The smallest absolute Gasteiger partial charge is 0.321 e. The molecule has 0 aromatic heterocycles. The molecule has 1 fully saturated rings. The zero-order valence-corrected chi connectivity index (χ0v) is 15.4. The Kier molecular flexibility index (Phi) is 7.10. The Morgan fingerprint density at radius 2 is 1.77 bits per heavy atom. The van der Waals surface area contributed by atoms with E-state index >= 15 is 0 Å². The lowest BCUT2D eigenvalue weighted by Gasteiger charge is -2.26. The van der Waals surface area contributed by atoms with Crippen molar-refractivity contribution in [2.24, 2.45) is 5.92 Å². The van der Waals surface area contributed by atoms with Gasteiger partial charge in [-0.25, -0.2) is 12.8 Å². The van der Waals surface area contributed by atoms with Gasteiger partial charge in [0.1, 0.15) is 12.4 Å². The second kappa shape index (κ2) is 9.09. The van der Waals surface area contributed by atoms with E-state index in [1.54, 1.807) is 0 Å². The number of nitrogens with one attached hydrogen (secondary N) is 2. The fourth-order valence-electron chi connectivity index (χ4n) is 2.72. The molecular weight excluding hydrogens is 363 g/mol. The molecule has 0 heterocycles. The van der Waals surface area contributed by atoms with Crippen molar-refractivity contribution in [3.8, 4) is 0 Å². The number of sulfonamides is 1. The van der Waals surface area contributed by atoms with E-state index in [1.807, 2.05) is 4.72 Å². The average Bonchev–Trinajstić information content (AvgIpc) is 2.61. The minimum atomic E-state index is -3.96. The van der Waals surface area contributed by atoms with Crippen molar-refractivity contribution in [2.45, 2.75) is 43.5 Å². The highest BCUT2D eigenvalue weighted by molar-refractivity contribution is 7.89. The third kappa shape index (κ3) is 6.38. The monoisotopic (exact) mass is 386 g/mol. The van der Waals surface area contributed by atoms with Crippen LogP contribution >= 0.6 is 0 Å². The zero-order valence-electron chi connectivity index (χ0n) is 14.5. The largest absolute Gasteiger partial charge is 0.455 e. The van der Waals surface area contributed by atoms with Crippen LogP contribution in [0.25, 0.3) is 0 Å². The van der Waals surface area contributed by atoms with Crippen LogP contribution in [-0.2, 0) is 24.3 Å². The molecule has 2 rings (SSSR count). The number of benzene rings is 1. The molecule has 0 atom stereocenters. The summed E-state index contributed by atoms with van der Waals surface area (Å²) >= 11 is 0. The summed E-state index contributed by atoms with van der Waals surface area (Å²) in [5.41, 5.74) is 0. The van der Waals surface area contributed by atoms with E-state index in [9.17, 15) is 22.4 Å². The molecule has 26 heavy (non-hydrogen) atoms. The molecule has 2 N–H and O–H groups in total. The Balaban J connectivity index is 1.71. The maximum Gasteiger partial charge on any atom is 0.321 e. The third-order valence-electron chi connectivity index (χ3n) is 4.28. The summed E-state index contributed by atoms with van der Waals surface area (Å²) < 4.78 is 43.6. The number of ether oxygens (including phenoxy) is 1. The lowest BCUT2D eigenvalue weighted by molar-refractivity contribution is -0.147. The first-order chi connectivity index (χ1) is 12.3. The fourth-order valence-corrected chi connectivity index (χ4v) is 3.69. The van der Waals surface area contributed by atoms with Gasteiger partial charge in [0.25, 0.3) is 5.91 Å². The summed E-state index contributed by atoms with van der Waals surface area (Å²) in [5.74, 6) is -1.18. The summed E-state index contributed by atoms with van der Waals surface area (Å²) in [7, 11) is -3.96. The van der Waals surface area contributed by atoms with Gasteiger partial charge in [0.05, 0.1) is 4.90 Å². The van der Waals surface area contributed by atoms with E-state index in [2.05, 4.69) is 12.2 Å². The van der Waals surface area contributed by atoms with Crippen molar-refractivity contribution in [1.82, 2.24) is 10.0 Å². The van der Waals surface area contributed by atoms with Gasteiger partial charge in [-0.15, -0.1) is 0 Å². The van der Waals surface area contributed by atoms with Gasteiger partial charge in [0.15, 0.2) is 6.61 Å². The fraction of sp³-hybridized carbons (Fsp3) is 0.529. The Morgan fingerprint density at radius 1 is 1.15 bits per heavy atom. The number of carbonyl (C=O) groups excluding carboxylic acids is 2. The van der Waals surface area contributed by atoms with Gasteiger partial charge >= 0.3 is 5.97 Å². The molecular formula is C17H23FN2O5S. The van der Waals surface area contributed by atoms with Crippen molar-refractivity contribution in [1.29, 1.82) is 0 Å². The summed E-state index contributed by atoms with van der Waals surface area (Å²) in [6.07, 6.45) is 3.91. The predicted octanol–water partition coefficient (Wildman–Crippen LogP) is 1.34. The number of amides is 1. The van der Waals surface area contributed by atoms with Gasteiger partial charge in [-0.2, -0.15) is 4.72 Å². The highest BCUT2D eigenvalue weighted by Gasteiger charge is 2.21. The Bertz CT molecular complexity index is 728. The predicted molar refractivity (Wildman–Crippen MR) is 92.1 cm³/mol. The quantitative estimate of drug-likeness (QED) is 0.689. The van der Waals surface area contributed by atoms with Crippen LogP contribution in [0.3, 0.4) is 0 Å². The average molecular weight is 386 g/mol. The summed E-state index contributed by atoms with van der Waals surface area (Å²) in [6.45, 7) is 1.10. The number of hydrogen-bond donors (Lipinski definition) is 2. The summed E-state index contributed by atoms with van der Waals surface area (Å²) in [5, 5.41) is 2.81. The van der Waals surface area contributed by atoms with E-state index in [1.165, 1.54) is 0 Å². The molecule has 1 aliphatic carbocycles. The van der Waals surface area contributed by atoms with Crippen molar-refractivity contribution < 1.29 is 27.1 Å². The van der Waals surface area contributed by atoms with Crippen LogP contribution in [0.4, 0.5) is 4.39 Å². The van der Waals surface area contributed by atoms with Crippen LogP contribution in [0.1, 0.15) is 32.6 Å². The van der Waals surface area contributed by atoms with E-state index in [0.29, 0.717) is 5.92 Å². The molecule has 9 heteroatoms. The molecule has 144 valence electrons. The number of halogens is 1. The molecule has 0 unspecified atom stereocenters. The van der Waals surface area contributed by atoms with Crippen molar-refractivity contribution >= 4 is 21.9 Å². The SMILES string of the molecule is CC1CCC(NC(=O)COC(=O)CNS(=O)(=O)c2ccc(F)cc2)CC1. The first-order valence-corrected chi connectivity index (χ1v) is 9.95. The van der Waals surface area contributed by atoms with Gasteiger partial charge in [-0.3, -0.25) is 9.59 Å². The number of esters is 1. The van der Waals surface area contributed by atoms with Crippen LogP contribution in [0.5, 0.6) is 0 Å². The molecule has 0 radical (unpaired) electrons. The summed E-state index contributed by atoms with van der Waals surface area (Å²) in [6, 6.07) is 4.27. The Morgan fingerprint density at radius 3 is 2.38 bits per heavy atom. The third-order valence-corrected chi connectivity index (χ3v) is 5.69. The van der Waals surface area contributed by atoms with Crippen LogP contribution in [0.15, 0.2) is 29.2 Å². The van der Waals surface area contributed by atoms with Crippen molar-refractivity contribution in [3.63, 3.8) is 0 Å². The molecule has 1 amide bonds. The van der Waals surface area contributed by atoms with E-state index in [0.717, 1.165) is 49.9 Å². The maximum absolute atomic E-state index is 12.8. The highest BCUT2D eigenvalue weighted by atomic mass is 32.2. The molecule has 7 nitrogen and oxygen atoms in total. The number of rotatable bonds is 7. The molecule has 1 saturated carbocycles. The van der Waals surface area contributed by atoms with E-state index < -0.39 is 40.9 Å². The van der Waals surface area contributed by atoms with Crippen LogP contribution in [0.2, 0.25) is 0 Å². The first kappa shape index (κ1) is 20.3. The molecule has 0 spiro atoms. The molecule has 0 saturated heterocycles. The number of hydrogen-bond acceptors (Lipinski definition) is 5. The second-order valence-corrected chi connectivity index (χ2v) is 8.23. The second-order valence-electron chi connectivity index (χ2n) is 6.46. The zero-order chi connectivity index (χ0) is 19.2. The van der Waals surface area contributed by atoms with Gasteiger partial charge in [0.2, 0.25) is 10.0 Å². The van der Waals surface area contributed by atoms with E-state index in [-0.39, 0.29) is 10.9 Å². The minimum absolute atomic E-state index is 0.0920. The molecule has 0 bridgehead atoms. The first-order valence-electron chi connectivity index (χ1n) is 8.46. The molecule has 1 aromatic rings. The molecule has 0 aliphatic heterocycles. The van der Waals surface area contributed by atoms with Crippen molar-refractivity contribution in [3.05, 3.63) is 30.1 Å². The van der Waals surface area contributed by atoms with Crippen molar-refractivity contribution in [2.75, 3.05) is 13.2 Å². The van der Waals surface area contributed by atoms with E-state index in [4.69, 9.17) is 4.74 Å². The van der Waals surface area contributed by atoms with Gasteiger partial charge in [-0.1, -0.05) is 6.92 Å². The van der Waals surface area contributed by atoms with Gasteiger partial charge in [-0.05, 0) is 55.9 Å². The lowest BCUT2D eigenvalue weighted by Crippen LogP contribution is -2.40. The topological polar surface area (TPSA) is 102 Å². The van der Waals surface area contributed by atoms with Crippen LogP contribution in [-0.4, -0.2) is 39.5 Å². The van der Waals surface area contributed by atoms with Gasteiger partial charge < -0.3 is 10.1 Å². The normalized spacial score (nSPS) is 20.4. The standard InChI is InChI=1S/C17H23FN2O5S/c1-12-2-6-14(7-3-12)20-16(21)11-25-17(22)10-19-26(23,24)15-8-4-13(18)5-9-15/h4-5,8-9,12,14,19H,2-3,6-7,10-11H2,1H3,(H,20,21). The maximum atomic E-state index is 12.8.